The summed E-state index contributed by atoms with van der Waals surface area (Å²) in [6.07, 6.45) is 1.69. The standard InChI is InChI=1S/C18H22N2O4S2/c1-14-8-9-15(2)18(12-14)25(21,22)19-16-6-5-7-17(13-16)26(23,24)20-10-3-4-11-20/h5-9,12-13,19H,3-4,10-11H2,1-2H3. The first kappa shape index (κ1) is 18.9. The summed E-state index contributed by atoms with van der Waals surface area (Å²) in [5, 5.41) is 0. The molecule has 0 aromatic heterocycles. The van der Waals surface area contributed by atoms with E-state index in [0.717, 1.165) is 18.4 Å². The third-order valence-corrected chi connectivity index (χ3v) is 7.84. The summed E-state index contributed by atoms with van der Waals surface area (Å²) in [5.41, 5.74) is 1.69. The minimum atomic E-state index is -3.81. The second-order valence-electron chi connectivity index (χ2n) is 6.51. The van der Waals surface area contributed by atoms with Crippen molar-refractivity contribution < 1.29 is 16.8 Å². The van der Waals surface area contributed by atoms with Gasteiger partial charge in [-0.1, -0.05) is 18.2 Å². The second kappa shape index (κ2) is 7.02. The van der Waals surface area contributed by atoms with Crippen LogP contribution in [0.25, 0.3) is 0 Å². The molecule has 1 fully saturated rings. The summed E-state index contributed by atoms with van der Waals surface area (Å²) >= 11 is 0. The lowest BCUT2D eigenvalue weighted by atomic mass is 10.2. The van der Waals surface area contributed by atoms with Crippen molar-refractivity contribution >= 4 is 25.7 Å². The number of nitrogens with zero attached hydrogens (tertiary/aromatic N) is 1. The minimum absolute atomic E-state index is 0.0977. The lowest BCUT2D eigenvalue weighted by molar-refractivity contribution is 0.477. The Morgan fingerprint density at radius 1 is 0.923 bits per heavy atom. The molecule has 0 atom stereocenters. The van der Waals surface area contributed by atoms with Gasteiger partial charge >= 0.3 is 0 Å². The fraction of sp³-hybridized carbons (Fsp3) is 0.333. The van der Waals surface area contributed by atoms with Gasteiger partial charge < -0.3 is 0 Å². The van der Waals surface area contributed by atoms with Crippen LogP contribution in [0.3, 0.4) is 0 Å². The minimum Gasteiger partial charge on any atom is -0.280 e. The van der Waals surface area contributed by atoms with Crippen molar-refractivity contribution in [2.75, 3.05) is 17.8 Å². The summed E-state index contributed by atoms with van der Waals surface area (Å²) in [5.74, 6) is 0. The normalized spacial score (nSPS) is 15.9. The van der Waals surface area contributed by atoms with Gasteiger partial charge in [0.05, 0.1) is 15.5 Å². The van der Waals surface area contributed by atoms with Gasteiger partial charge in [-0.15, -0.1) is 0 Å². The molecule has 3 rings (SSSR count). The molecule has 1 N–H and O–H groups in total. The van der Waals surface area contributed by atoms with Crippen LogP contribution >= 0.6 is 0 Å². The summed E-state index contributed by atoms with van der Waals surface area (Å²) in [6, 6.07) is 11.1. The van der Waals surface area contributed by atoms with Crippen LogP contribution < -0.4 is 4.72 Å². The van der Waals surface area contributed by atoms with Gasteiger partial charge in [0.25, 0.3) is 10.0 Å². The first-order valence-electron chi connectivity index (χ1n) is 8.40. The molecule has 1 saturated heterocycles. The number of sulfonamides is 2. The van der Waals surface area contributed by atoms with E-state index in [4.69, 9.17) is 0 Å². The first-order chi connectivity index (χ1) is 12.2. The van der Waals surface area contributed by atoms with Gasteiger partial charge in [0.1, 0.15) is 0 Å². The molecule has 0 unspecified atom stereocenters. The molecular weight excluding hydrogens is 372 g/mol. The molecule has 2 aromatic carbocycles. The van der Waals surface area contributed by atoms with Gasteiger partial charge in [-0.3, -0.25) is 4.72 Å². The molecule has 2 aromatic rings. The van der Waals surface area contributed by atoms with Crippen molar-refractivity contribution in [1.82, 2.24) is 4.31 Å². The highest BCUT2D eigenvalue weighted by Crippen LogP contribution is 2.25. The lowest BCUT2D eigenvalue weighted by Gasteiger charge is -2.16. The van der Waals surface area contributed by atoms with Crippen LogP contribution in [-0.4, -0.2) is 34.2 Å². The Balaban J connectivity index is 1.92. The van der Waals surface area contributed by atoms with E-state index in [0.29, 0.717) is 18.7 Å². The van der Waals surface area contributed by atoms with E-state index in [2.05, 4.69) is 4.72 Å². The van der Waals surface area contributed by atoms with Crippen LogP contribution in [0.4, 0.5) is 5.69 Å². The van der Waals surface area contributed by atoms with E-state index < -0.39 is 20.0 Å². The zero-order valence-corrected chi connectivity index (χ0v) is 16.4. The smallest absolute Gasteiger partial charge is 0.262 e. The average Bonchev–Trinajstić information content (AvgIpc) is 3.12. The molecule has 26 heavy (non-hydrogen) atoms. The Labute approximate surface area is 155 Å². The van der Waals surface area contributed by atoms with Gasteiger partial charge in [-0.05, 0) is 62.1 Å². The van der Waals surface area contributed by atoms with E-state index in [1.807, 2.05) is 13.0 Å². The summed E-state index contributed by atoms with van der Waals surface area (Å²) in [7, 11) is -7.40. The molecule has 140 valence electrons. The molecule has 1 heterocycles. The Morgan fingerprint density at radius 3 is 2.31 bits per heavy atom. The molecule has 0 spiro atoms. The van der Waals surface area contributed by atoms with Crippen LogP contribution in [0.5, 0.6) is 0 Å². The maximum absolute atomic E-state index is 12.7. The van der Waals surface area contributed by atoms with E-state index in [1.165, 1.54) is 16.4 Å². The lowest BCUT2D eigenvalue weighted by Crippen LogP contribution is -2.28. The average molecular weight is 395 g/mol. The molecule has 0 bridgehead atoms. The Morgan fingerprint density at radius 2 is 1.62 bits per heavy atom. The Bertz CT molecular complexity index is 1020. The molecule has 1 aliphatic rings. The number of rotatable bonds is 5. The topological polar surface area (TPSA) is 83.5 Å². The van der Waals surface area contributed by atoms with Gasteiger partial charge in [0.15, 0.2) is 0 Å². The van der Waals surface area contributed by atoms with Crippen molar-refractivity contribution in [1.29, 1.82) is 0 Å². The highest BCUT2D eigenvalue weighted by molar-refractivity contribution is 7.92. The van der Waals surface area contributed by atoms with Crippen LogP contribution in [0, 0.1) is 13.8 Å². The van der Waals surface area contributed by atoms with Gasteiger partial charge in [0, 0.05) is 13.1 Å². The number of hydrogen-bond donors (Lipinski definition) is 1. The summed E-state index contributed by atoms with van der Waals surface area (Å²) in [6.45, 7) is 4.55. The molecule has 6 nitrogen and oxygen atoms in total. The van der Waals surface area contributed by atoms with E-state index in [1.54, 1.807) is 31.2 Å². The van der Waals surface area contributed by atoms with Crippen LogP contribution in [0.2, 0.25) is 0 Å². The maximum Gasteiger partial charge on any atom is 0.262 e. The Hall–Kier alpha value is -1.90. The first-order valence-corrected chi connectivity index (χ1v) is 11.3. The van der Waals surface area contributed by atoms with Crippen molar-refractivity contribution in [3.8, 4) is 0 Å². The number of hydrogen-bond acceptors (Lipinski definition) is 4. The molecular formula is C18H22N2O4S2. The fourth-order valence-electron chi connectivity index (χ4n) is 3.00. The van der Waals surface area contributed by atoms with Gasteiger partial charge in [0.2, 0.25) is 10.0 Å². The SMILES string of the molecule is Cc1ccc(C)c(S(=O)(=O)Nc2cccc(S(=O)(=O)N3CCCC3)c2)c1. The van der Waals surface area contributed by atoms with Crippen molar-refractivity contribution in [3.63, 3.8) is 0 Å². The summed E-state index contributed by atoms with van der Waals surface area (Å²) in [4.78, 5) is 0.283. The third kappa shape index (κ3) is 3.77. The molecule has 0 radical (unpaired) electrons. The predicted octanol–water partition coefficient (Wildman–Crippen LogP) is 2.89. The molecule has 0 aliphatic carbocycles. The number of anilines is 1. The van der Waals surface area contributed by atoms with Crippen LogP contribution in [0.1, 0.15) is 24.0 Å². The van der Waals surface area contributed by atoms with E-state index >= 15 is 0 Å². The van der Waals surface area contributed by atoms with E-state index in [-0.39, 0.29) is 15.5 Å². The highest BCUT2D eigenvalue weighted by Gasteiger charge is 2.27. The number of aryl methyl sites for hydroxylation is 2. The number of nitrogens with one attached hydrogen (secondary N) is 1. The predicted molar refractivity (Wildman–Crippen MR) is 101 cm³/mol. The quantitative estimate of drug-likeness (QED) is 0.845. The van der Waals surface area contributed by atoms with E-state index in [9.17, 15) is 16.8 Å². The largest absolute Gasteiger partial charge is 0.280 e. The van der Waals surface area contributed by atoms with Crippen molar-refractivity contribution in [2.24, 2.45) is 0 Å². The van der Waals surface area contributed by atoms with Crippen molar-refractivity contribution in [3.05, 3.63) is 53.6 Å². The molecule has 0 saturated carbocycles. The number of benzene rings is 2. The maximum atomic E-state index is 12.7. The van der Waals surface area contributed by atoms with Crippen LogP contribution in [0.15, 0.2) is 52.3 Å². The monoisotopic (exact) mass is 394 g/mol. The fourth-order valence-corrected chi connectivity index (χ4v) is 5.95. The zero-order chi connectivity index (χ0) is 18.9. The second-order valence-corrected chi connectivity index (χ2v) is 10.1. The molecule has 0 amide bonds. The van der Waals surface area contributed by atoms with Gasteiger partial charge in [-0.2, -0.15) is 4.31 Å². The highest BCUT2D eigenvalue weighted by atomic mass is 32.2. The van der Waals surface area contributed by atoms with Crippen molar-refractivity contribution in [2.45, 2.75) is 36.5 Å². The zero-order valence-electron chi connectivity index (χ0n) is 14.8. The van der Waals surface area contributed by atoms with Gasteiger partial charge in [-0.25, -0.2) is 16.8 Å². The summed E-state index contributed by atoms with van der Waals surface area (Å²) < 4.78 is 54.7. The van der Waals surface area contributed by atoms with Crippen LogP contribution in [-0.2, 0) is 20.0 Å². The Kier molecular flexibility index (Phi) is 5.09. The molecule has 1 aliphatic heterocycles. The third-order valence-electron chi connectivity index (χ3n) is 4.42. The molecule has 8 heteroatoms.